The SMILES string of the molecule is CC(C)(C)c1cc(=O)n2c(n1)SCC(C(=O)Nc1ccccc1S)C2. The third kappa shape index (κ3) is 3.93. The highest BCUT2D eigenvalue weighted by Gasteiger charge is 2.28. The van der Waals surface area contributed by atoms with E-state index in [9.17, 15) is 9.59 Å². The second-order valence-electron chi connectivity index (χ2n) is 7.14. The van der Waals surface area contributed by atoms with Crippen molar-refractivity contribution in [1.29, 1.82) is 0 Å². The highest BCUT2D eigenvalue weighted by atomic mass is 32.2. The fourth-order valence-electron chi connectivity index (χ4n) is 2.57. The Hall–Kier alpha value is -1.73. The molecule has 1 aromatic carbocycles. The van der Waals surface area contributed by atoms with Gasteiger partial charge in [0.2, 0.25) is 5.91 Å². The van der Waals surface area contributed by atoms with Crippen LogP contribution >= 0.6 is 24.4 Å². The average molecular weight is 376 g/mol. The van der Waals surface area contributed by atoms with Crippen molar-refractivity contribution in [3.05, 3.63) is 46.4 Å². The number of carbonyl (C=O) groups excluding carboxylic acids is 1. The van der Waals surface area contributed by atoms with Crippen molar-refractivity contribution in [2.75, 3.05) is 11.1 Å². The van der Waals surface area contributed by atoms with Crippen LogP contribution < -0.4 is 10.9 Å². The fraction of sp³-hybridized carbons (Fsp3) is 0.389. The van der Waals surface area contributed by atoms with E-state index < -0.39 is 0 Å². The molecule has 132 valence electrons. The lowest BCUT2D eigenvalue weighted by atomic mass is 9.92. The van der Waals surface area contributed by atoms with Gasteiger partial charge in [-0.2, -0.15) is 0 Å². The molecule has 1 amide bonds. The van der Waals surface area contributed by atoms with E-state index in [4.69, 9.17) is 0 Å². The molecule has 0 aliphatic carbocycles. The van der Waals surface area contributed by atoms with Gasteiger partial charge in [0.05, 0.1) is 17.3 Å². The van der Waals surface area contributed by atoms with Crippen LogP contribution in [-0.2, 0) is 16.8 Å². The number of fused-ring (bicyclic) bond motifs is 1. The molecule has 5 nitrogen and oxygen atoms in total. The zero-order valence-electron chi connectivity index (χ0n) is 14.4. The standard InChI is InChI=1S/C18H21N3O2S2/c1-18(2,3)14-8-15(22)21-9-11(10-25-17(21)20-14)16(23)19-12-6-4-5-7-13(12)24/h4-8,11,24H,9-10H2,1-3H3,(H,19,23). The molecule has 1 N–H and O–H groups in total. The van der Waals surface area contributed by atoms with Gasteiger partial charge in [-0.15, -0.1) is 12.6 Å². The Morgan fingerprint density at radius 2 is 2.08 bits per heavy atom. The van der Waals surface area contributed by atoms with Gasteiger partial charge in [0.25, 0.3) is 5.56 Å². The minimum Gasteiger partial charge on any atom is -0.325 e. The molecule has 1 aliphatic heterocycles. The quantitative estimate of drug-likeness (QED) is 0.625. The molecule has 0 fully saturated rings. The maximum absolute atomic E-state index is 12.6. The van der Waals surface area contributed by atoms with E-state index >= 15 is 0 Å². The van der Waals surface area contributed by atoms with Gasteiger partial charge in [-0.25, -0.2) is 4.98 Å². The minimum atomic E-state index is -0.287. The summed E-state index contributed by atoms with van der Waals surface area (Å²) in [6, 6.07) is 8.93. The number of nitrogens with one attached hydrogen (secondary N) is 1. The highest BCUT2D eigenvalue weighted by Crippen LogP contribution is 2.29. The molecule has 0 spiro atoms. The van der Waals surface area contributed by atoms with Crippen molar-refractivity contribution >= 4 is 36.0 Å². The van der Waals surface area contributed by atoms with Gasteiger partial charge in [0.15, 0.2) is 5.16 Å². The molecule has 25 heavy (non-hydrogen) atoms. The van der Waals surface area contributed by atoms with Crippen molar-refractivity contribution in [3.63, 3.8) is 0 Å². The Morgan fingerprint density at radius 1 is 1.36 bits per heavy atom. The molecule has 0 radical (unpaired) electrons. The Morgan fingerprint density at radius 3 is 2.76 bits per heavy atom. The van der Waals surface area contributed by atoms with E-state index in [-0.39, 0.29) is 22.8 Å². The third-order valence-corrected chi connectivity index (χ3v) is 5.62. The lowest BCUT2D eigenvalue weighted by molar-refractivity contribution is -0.119. The second-order valence-corrected chi connectivity index (χ2v) is 8.61. The summed E-state index contributed by atoms with van der Waals surface area (Å²) in [4.78, 5) is 30.4. The summed E-state index contributed by atoms with van der Waals surface area (Å²) in [6.45, 7) is 6.44. The van der Waals surface area contributed by atoms with Crippen LogP contribution in [0, 0.1) is 5.92 Å². The van der Waals surface area contributed by atoms with Crippen molar-refractivity contribution in [3.8, 4) is 0 Å². The lowest BCUT2D eigenvalue weighted by Crippen LogP contribution is -2.37. The maximum Gasteiger partial charge on any atom is 0.254 e. The molecule has 0 saturated heterocycles. The number of rotatable bonds is 2. The minimum absolute atomic E-state index is 0.102. The predicted octanol–water partition coefficient (Wildman–Crippen LogP) is 3.19. The summed E-state index contributed by atoms with van der Waals surface area (Å²) in [5.74, 6) is 0.206. The van der Waals surface area contributed by atoms with Crippen LogP contribution in [0.1, 0.15) is 26.5 Å². The number of hydrogen-bond donors (Lipinski definition) is 2. The van der Waals surface area contributed by atoms with Gasteiger partial charge in [0.1, 0.15) is 0 Å². The number of thioether (sulfide) groups is 1. The number of benzene rings is 1. The fourth-order valence-corrected chi connectivity index (χ4v) is 3.88. The molecule has 7 heteroatoms. The van der Waals surface area contributed by atoms with Crippen molar-refractivity contribution in [2.45, 2.75) is 42.8 Å². The van der Waals surface area contributed by atoms with E-state index in [2.05, 4.69) is 22.9 Å². The van der Waals surface area contributed by atoms with E-state index in [0.29, 0.717) is 28.0 Å². The van der Waals surface area contributed by atoms with Crippen molar-refractivity contribution < 1.29 is 4.79 Å². The predicted molar refractivity (Wildman–Crippen MR) is 104 cm³/mol. The van der Waals surface area contributed by atoms with Gasteiger partial charge in [-0.1, -0.05) is 44.7 Å². The summed E-state index contributed by atoms with van der Waals surface area (Å²) in [5.41, 5.74) is 1.18. The number of amides is 1. The highest BCUT2D eigenvalue weighted by molar-refractivity contribution is 7.99. The van der Waals surface area contributed by atoms with Gasteiger partial charge >= 0.3 is 0 Å². The number of aromatic nitrogens is 2. The van der Waals surface area contributed by atoms with Crippen LogP contribution in [0.4, 0.5) is 5.69 Å². The maximum atomic E-state index is 12.6. The summed E-state index contributed by atoms with van der Waals surface area (Å²) < 4.78 is 1.60. The first kappa shape index (κ1) is 18.1. The van der Waals surface area contributed by atoms with E-state index in [0.717, 1.165) is 5.69 Å². The van der Waals surface area contributed by atoms with Crippen LogP contribution in [0.25, 0.3) is 0 Å². The summed E-state index contributed by atoms with van der Waals surface area (Å²) in [5, 5.41) is 3.59. The number of carbonyl (C=O) groups is 1. The molecule has 3 rings (SSSR count). The van der Waals surface area contributed by atoms with Crippen LogP contribution in [0.3, 0.4) is 0 Å². The van der Waals surface area contributed by atoms with E-state index in [1.807, 2.05) is 45.0 Å². The first-order chi connectivity index (χ1) is 11.8. The topological polar surface area (TPSA) is 64.0 Å². The Labute approximate surface area is 156 Å². The molecule has 1 atom stereocenters. The van der Waals surface area contributed by atoms with Crippen LogP contribution in [-0.4, -0.2) is 21.2 Å². The summed E-state index contributed by atoms with van der Waals surface area (Å²) in [7, 11) is 0. The molecule has 0 saturated carbocycles. The van der Waals surface area contributed by atoms with E-state index in [1.54, 1.807) is 10.6 Å². The van der Waals surface area contributed by atoms with Gasteiger partial charge in [0, 0.05) is 28.7 Å². The van der Waals surface area contributed by atoms with Crippen LogP contribution in [0.5, 0.6) is 0 Å². The zero-order valence-corrected chi connectivity index (χ0v) is 16.2. The normalized spacial score (nSPS) is 17.0. The number of hydrogen-bond acceptors (Lipinski definition) is 5. The monoisotopic (exact) mass is 375 g/mol. The van der Waals surface area contributed by atoms with E-state index in [1.165, 1.54) is 11.8 Å². The Bertz CT molecular complexity index is 871. The van der Waals surface area contributed by atoms with Crippen molar-refractivity contribution in [2.24, 2.45) is 5.92 Å². The second kappa shape index (κ2) is 6.88. The summed E-state index contributed by atoms with van der Waals surface area (Å²) >= 11 is 5.81. The zero-order chi connectivity index (χ0) is 18.2. The molecule has 1 aromatic heterocycles. The molecule has 2 heterocycles. The molecule has 0 bridgehead atoms. The molecule has 1 unspecified atom stereocenters. The van der Waals surface area contributed by atoms with Gasteiger partial charge < -0.3 is 5.32 Å². The number of thiol groups is 1. The van der Waals surface area contributed by atoms with Crippen LogP contribution in [0.15, 0.2) is 45.2 Å². The molecular formula is C18H21N3O2S2. The van der Waals surface area contributed by atoms with Gasteiger partial charge in [-0.3, -0.25) is 14.2 Å². The Balaban J connectivity index is 1.81. The van der Waals surface area contributed by atoms with Crippen LogP contribution in [0.2, 0.25) is 0 Å². The first-order valence-electron chi connectivity index (χ1n) is 8.10. The number of anilines is 1. The molecular weight excluding hydrogens is 354 g/mol. The van der Waals surface area contributed by atoms with Crippen molar-refractivity contribution in [1.82, 2.24) is 9.55 Å². The van der Waals surface area contributed by atoms with Gasteiger partial charge in [-0.05, 0) is 12.1 Å². The first-order valence-corrected chi connectivity index (χ1v) is 9.53. The smallest absolute Gasteiger partial charge is 0.254 e. The molecule has 2 aromatic rings. The average Bonchev–Trinajstić information content (AvgIpc) is 2.55. The number of para-hydroxylation sites is 1. The summed E-state index contributed by atoms with van der Waals surface area (Å²) in [6.07, 6.45) is 0. The molecule has 1 aliphatic rings. The third-order valence-electron chi connectivity index (χ3n) is 4.09. The largest absolute Gasteiger partial charge is 0.325 e. The lowest BCUT2D eigenvalue weighted by Gasteiger charge is -2.26. The Kier molecular flexibility index (Phi) is 4.97. The number of nitrogens with zero attached hydrogens (tertiary/aromatic N) is 2.